The average Bonchev–Trinajstić information content (AvgIpc) is 1.84. The molecular weight excluding hydrogens is 152 g/mol. The summed E-state index contributed by atoms with van der Waals surface area (Å²) in [6.45, 7) is 12.3. The smallest absolute Gasteiger partial charge is 0.0745 e. The van der Waals surface area contributed by atoms with Gasteiger partial charge in [0.05, 0.1) is 18.3 Å². The van der Waals surface area contributed by atoms with Crippen molar-refractivity contribution in [2.24, 2.45) is 0 Å². The van der Waals surface area contributed by atoms with Crippen LogP contribution in [0.3, 0.4) is 0 Å². The van der Waals surface area contributed by atoms with Crippen molar-refractivity contribution >= 4 is 0 Å². The van der Waals surface area contributed by atoms with Crippen LogP contribution in [0, 0.1) is 0 Å². The Kier molecular flexibility index (Phi) is 9.10. The minimum atomic E-state index is -0.357. The topological polar surface area (TPSA) is 29.5 Å². The molecule has 0 fully saturated rings. The summed E-state index contributed by atoms with van der Waals surface area (Å²) in [4.78, 5) is 0. The highest BCUT2D eigenvalue weighted by Crippen LogP contribution is 2.06. The van der Waals surface area contributed by atoms with Gasteiger partial charge in [0.15, 0.2) is 0 Å². The van der Waals surface area contributed by atoms with Gasteiger partial charge in [0.1, 0.15) is 0 Å². The first-order chi connectivity index (χ1) is 5.33. The van der Waals surface area contributed by atoms with Crippen LogP contribution in [0.2, 0.25) is 0 Å². The van der Waals surface area contributed by atoms with Crippen molar-refractivity contribution in [3.63, 3.8) is 0 Å². The van der Waals surface area contributed by atoms with Gasteiger partial charge in [0, 0.05) is 0 Å². The molecule has 2 heteroatoms. The Labute approximate surface area is 76.9 Å². The van der Waals surface area contributed by atoms with Crippen LogP contribution in [0.4, 0.5) is 0 Å². The van der Waals surface area contributed by atoms with Crippen molar-refractivity contribution in [2.45, 2.75) is 59.7 Å². The Bertz CT molecular complexity index is 82.3. The summed E-state index contributed by atoms with van der Waals surface area (Å²) in [5.41, 5.74) is -0.128. The van der Waals surface area contributed by atoms with Crippen LogP contribution in [0.15, 0.2) is 0 Å². The number of ether oxygens (including phenoxy) is 1. The van der Waals surface area contributed by atoms with Gasteiger partial charge in [-0.15, -0.1) is 0 Å². The first-order valence-electron chi connectivity index (χ1n) is 4.65. The zero-order valence-corrected chi connectivity index (χ0v) is 9.35. The second-order valence-electron chi connectivity index (χ2n) is 3.98. The van der Waals surface area contributed by atoms with Crippen LogP contribution < -0.4 is 0 Å². The first kappa shape index (κ1) is 14.4. The maximum absolute atomic E-state index is 8.79. The lowest BCUT2D eigenvalue weighted by atomic mass is 10.2. The van der Waals surface area contributed by atoms with Crippen LogP contribution in [0.5, 0.6) is 0 Å². The monoisotopic (exact) mass is 176 g/mol. The van der Waals surface area contributed by atoms with Crippen LogP contribution >= 0.6 is 0 Å². The highest BCUT2D eigenvalue weighted by molar-refractivity contribution is 4.59. The quantitative estimate of drug-likeness (QED) is 0.700. The lowest BCUT2D eigenvalue weighted by Crippen LogP contribution is -2.24. The van der Waals surface area contributed by atoms with E-state index in [0.717, 1.165) is 0 Å². The van der Waals surface area contributed by atoms with Gasteiger partial charge in [-0.25, -0.2) is 0 Å². The van der Waals surface area contributed by atoms with Gasteiger partial charge in [0.25, 0.3) is 0 Å². The van der Waals surface area contributed by atoms with Crippen molar-refractivity contribution in [3.05, 3.63) is 0 Å². The molecule has 0 spiro atoms. The third-order valence-electron chi connectivity index (χ3n) is 0.758. The third kappa shape index (κ3) is 22.5. The van der Waals surface area contributed by atoms with Crippen molar-refractivity contribution in [2.75, 3.05) is 6.61 Å². The molecule has 12 heavy (non-hydrogen) atoms. The summed E-state index contributed by atoms with van der Waals surface area (Å²) in [6, 6.07) is 0. The Hall–Kier alpha value is -0.0800. The van der Waals surface area contributed by atoms with Crippen LogP contribution in [0.25, 0.3) is 0 Å². The molecule has 0 aliphatic heterocycles. The molecule has 0 saturated carbocycles. The lowest BCUT2D eigenvalue weighted by Gasteiger charge is -2.20. The van der Waals surface area contributed by atoms with E-state index in [1.807, 2.05) is 20.8 Å². The van der Waals surface area contributed by atoms with Gasteiger partial charge < -0.3 is 9.84 Å². The predicted octanol–water partition coefficient (Wildman–Crippen LogP) is 2.60. The van der Waals surface area contributed by atoms with Crippen LogP contribution in [0.1, 0.15) is 48.0 Å². The number of aliphatic hydroxyl groups is 1. The van der Waals surface area contributed by atoms with Gasteiger partial charge in [0.2, 0.25) is 0 Å². The molecule has 0 saturated heterocycles. The lowest BCUT2D eigenvalue weighted by molar-refractivity contribution is -0.0436. The van der Waals surface area contributed by atoms with Crippen molar-refractivity contribution in [1.82, 2.24) is 0 Å². The van der Waals surface area contributed by atoms with Crippen LogP contribution in [-0.4, -0.2) is 23.4 Å². The van der Waals surface area contributed by atoms with Gasteiger partial charge in [-0.2, -0.15) is 0 Å². The summed E-state index contributed by atoms with van der Waals surface area (Å²) in [5, 5.41) is 8.79. The summed E-state index contributed by atoms with van der Waals surface area (Å²) in [5.74, 6) is 0. The fraction of sp³-hybridized carbons (Fsp3) is 1.00. The van der Waals surface area contributed by atoms with Crippen molar-refractivity contribution in [3.8, 4) is 0 Å². The van der Waals surface area contributed by atoms with E-state index in [0.29, 0.717) is 6.61 Å². The molecule has 2 nitrogen and oxygen atoms in total. The Morgan fingerprint density at radius 3 is 1.67 bits per heavy atom. The summed E-state index contributed by atoms with van der Waals surface area (Å²) in [6.07, 6.45) is 0.893. The van der Waals surface area contributed by atoms with Gasteiger partial charge in [-0.05, 0) is 27.7 Å². The maximum Gasteiger partial charge on any atom is 0.0745 e. The van der Waals surface area contributed by atoms with Gasteiger partial charge in [-0.3, -0.25) is 0 Å². The summed E-state index contributed by atoms with van der Waals surface area (Å²) in [7, 11) is 0. The molecule has 1 atom stereocenters. The Morgan fingerprint density at radius 1 is 1.25 bits per heavy atom. The third-order valence-corrected chi connectivity index (χ3v) is 0.758. The standard InChI is InChI=1S/C7H16O2.C3H8/c1-6(8)5-9-7(2,3)4;1-3-2/h6,8H,5H2,1-4H3;3H2,1-2H3. The highest BCUT2D eigenvalue weighted by Gasteiger charge is 2.10. The summed E-state index contributed by atoms with van der Waals surface area (Å²) >= 11 is 0. The predicted molar refractivity (Wildman–Crippen MR) is 53.4 cm³/mol. The van der Waals surface area contributed by atoms with E-state index in [9.17, 15) is 0 Å². The molecule has 0 radical (unpaired) electrons. The molecule has 0 aliphatic rings. The molecule has 0 heterocycles. The zero-order chi connectivity index (χ0) is 10.2. The fourth-order valence-electron chi connectivity index (χ4n) is 0.371. The zero-order valence-electron chi connectivity index (χ0n) is 9.35. The van der Waals surface area contributed by atoms with E-state index in [4.69, 9.17) is 9.84 Å². The fourth-order valence-corrected chi connectivity index (χ4v) is 0.371. The molecule has 0 bridgehead atoms. The van der Waals surface area contributed by atoms with E-state index < -0.39 is 0 Å². The number of aliphatic hydroxyl groups excluding tert-OH is 1. The van der Waals surface area contributed by atoms with E-state index in [1.165, 1.54) is 6.42 Å². The molecule has 0 aromatic rings. The number of hydrogen-bond acceptors (Lipinski definition) is 2. The second-order valence-corrected chi connectivity index (χ2v) is 3.98. The van der Waals surface area contributed by atoms with Crippen LogP contribution in [-0.2, 0) is 4.74 Å². The van der Waals surface area contributed by atoms with Crippen molar-refractivity contribution < 1.29 is 9.84 Å². The first-order valence-corrected chi connectivity index (χ1v) is 4.65. The molecule has 0 aliphatic carbocycles. The molecule has 0 aromatic carbocycles. The minimum absolute atomic E-state index is 0.128. The SMILES string of the molecule is CC(O)COC(C)(C)C.CCC. The minimum Gasteiger partial charge on any atom is -0.391 e. The normalized spacial score (nSPS) is 13.2. The Balaban J connectivity index is 0. The molecule has 0 amide bonds. The molecule has 0 rings (SSSR count). The summed E-state index contributed by atoms with van der Waals surface area (Å²) < 4.78 is 5.24. The molecule has 1 N–H and O–H groups in total. The largest absolute Gasteiger partial charge is 0.391 e. The number of hydrogen-bond donors (Lipinski definition) is 1. The van der Waals surface area contributed by atoms with E-state index in [-0.39, 0.29) is 11.7 Å². The van der Waals surface area contributed by atoms with Gasteiger partial charge >= 0.3 is 0 Å². The second kappa shape index (κ2) is 7.56. The number of rotatable bonds is 2. The Morgan fingerprint density at radius 2 is 1.58 bits per heavy atom. The average molecular weight is 176 g/mol. The van der Waals surface area contributed by atoms with E-state index >= 15 is 0 Å². The van der Waals surface area contributed by atoms with Crippen molar-refractivity contribution in [1.29, 1.82) is 0 Å². The molecule has 76 valence electrons. The highest BCUT2D eigenvalue weighted by atomic mass is 16.5. The van der Waals surface area contributed by atoms with E-state index in [2.05, 4.69) is 13.8 Å². The molecule has 0 aromatic heterocycles. The van der Waals surface area contributed by atoms with E-state index in [1.54, 1.807) is 6.92 Å². The maximum atomic E-state index is 8.79. The van der Waals surface area contributed by atoms with Gasteiger partial charge in [-0.1, -0.05) is 20.3 Å². The molecule has 1 unspecified atom stereocenters. The molecular formula is C10H24O2.